The molecule has 0 amide bonds. The fraction of sp³-hybridized carbons (Fsp3) is 0.400. The van der Waals surface area contributed by atoms with Crippen molar-refractivity contribution in [2.24, 2.45) is 5.92 Å². The van der Waals surface area contributed by atoms with Crippen molar-refractivity contribution in [2.75, 3.05) is 19.7 Å². The quantitative estimate of drug-likeness (QED) is 0.858. The van der Waals surface area contributed by atoms with E-state index in [1.54, 1.807) is 0 Å². The maximum absolute atomic E-state index is 5.62. The largest absolute Gasteiger partial charge is 0.493 e. The SMILES string of the molecule is Ic1ccc(OCC2CNC2)cc1. The maximum Gasteiger partial charge on any atom is 0.119 e. The van der Waals surface area contributed by atoms with Gasteiger partial charge >= 0.3 is 0 Å². The third-order valence-electron chi connectivity index (χ3n) is 2.17. The summed E-state index contributed by atoms with van der Waals surface area (Å²) in [6, 6.07) is 8.17. The predicted octanol–water partition coefficient (Wildman–Crippen LogP) is 1.89. The normalized spacial score (nSPS) is 16.7. The Morgan fingerprint density at radius 1 is 1.31 bits per heavy atom. The minimum atomic E-state index is 0.708. The highest BCUT2D eigenvalue weighted by Gasteiger charge is 2.16. The van der Waals surface area contributed by atoms with Crippen LogP contribution in [0.15, 0.2) is 24.3 Å². The van der Waals surface area contributed by atoms with Crippen molar-refractivity contribution in [3.63, 3.8) is 0 Å². The van der Waals surface area contributed by atoms with Gasteiger partial charge in [-0.25, -0.2) is 0 Å². The molecular weight excluding hydrogens is 277 g/mol. The van der Waals surface area contributed by atoms with E-state index < -0.39 is 0 Å². The number of halogens is 1. The molecule has 0 saturated carbocycles. The fourth-order valence-electron chi connectivity index (χ4n) is 1.21. The average Bonchev–Trinajstić information content (AvgIpc) is 2.05. The lowest BCUT2D eigenvalue weighted by atomic mass is 10.1. The summed E-state index contributed by atoms with van der Waals surface area (Å²) in [5, 5.41) is 3.23. The lowest BCUT2D eigenvalue weighted by Gasteiger charge is -2.26. The van der Waals surface area contributed by atoms with Crippen molar-refractivity contribution in [2.45, 2.75) is 0 Å². The summed E-state index contributed by atoms with van der Waals surface area (Å²) in [6.45, 7) is 3.04. The van der Waals surface area contributed by atoms with Crippen LogP contribution in [0.25, 0.3) is 0 Å². The van der Waals surface area contributed by atoms with Gasteiger partial charge in [0.1, 0.15) is 5.75 Å². The number of hydrogen-bond donors (Lipinski definition) is 1. The molecule has 13 heavy (non-hydrogen) atoms. The molecular formula is C10H12INO. The van der Waals surface area contributed by atoms with Gasteiger partial charge in [0, 0.05) is 22.6 Å². The molecule has 1 aromatic rings. The van der Waals surface area contributed by atoms with Gasteiger partial charge in [-0.15, -0.1) is 0 Å². The first kappa shape index (κ1) is 9.27. The Labute approximate surface area is 91.8 Å². The maximum atomic E-state index is 5.62. The fourth-order valence-corrected chi connectivity index (χ4v) is 1.57. The average molecular weight is 289 g/mol. The second-order valence-corrected chi connectivity index (χ2v) is 4.53. The van der Waals surface area contributed by atoms with Crippen molar-refractivity contribution in [3.8, 4) is 5.75 Å². The van der Waals surface area contributed by atoms with Gasteiger partial charge in [0.2, 0.25) is 0 Å². The lowest BCUT2D eigenvalue weighted by molar-refractivity contribution is 0.199. The molecule has 0 bridgehead atoms. The lowest BCUT2D eigenvalue weighted by Crippen LogP contribution is -2.45. The Bertz CT molecular complexity index is 269. The van der Waals surface area contributed by atoms with Crippen LogP contribution in [0.5, 0.6) is 5.75 Å². The highest BCUT2D eigenvalue weighted by atomic mass is 127. The van der Waals surface area contributed by atoms with Crippen LogP contribution in [0.2, 0.25) is 0 Å². The first-order valence-electron chi connectivity index (χ1n) is 4.44. The second kappa shape index (κ2) is 4.28. The van der Waals surface area contributed by atoms with Crippen LogP contribution in [0.4, 0.5) is 0 Å². The standard InChI is InChI=1S/C10H12INO/c11-9-1-3-10(4-2-9)13-7-8-5-12-6-8/h1-4,8,12H,5-7H2. The summed E-state index contributed by atoms with van der Waals surface area (Å²) in [7, 11) is 0. The smallest absolute Gasteiger partial charge is 0.119 e. The van der Waals surface area contributed by atoms with E-state index in [9.17, 15) is 0 Å². The third-order valence-corrected chi connectivity index (χ3v) is 2.88. The molecule has 0 aliphatic carbocycles. The van der Waals surface area contributed by atoms with Crippen LogP contribution < -0.4 is 10.1 Å². The van der Waals surface area contributed by atoms with Gasteiger partial charge in [0.15, 0.2) is 0 Å². The van der Waals surface area contributed by atoms with Crippen LogP contribution in [0.1, 0.15) is 0 Å². The van der Waals surface area contributed by atoms with Gasteiger partial charge in [0.25, 0.3) is 0 Å². The number of ether oxygens (including phenoxy) is 1. The molecule has 3 heteroatoms. The molecule has 1 fully saturated rings. The molecule has 1 heterocycles. The highest BCUT2D eigenvalue weighted by Crippen LogP contribution is 2.15. The monoisotopic (exact) mass is 289 g/mol. The molecule has 0 aromatic heterocycles. The minimum Gasteiger partial charge on any atom is -0.493 e. The minimum absolute atomic E-state index is 0.708. The van der Waals surface area contributed by atoms with E-state index in [0.717, 1.165) is 25.4 Å². The summed E-state index contributed by atoms with van der Waals surface area (Å²) in [4.78, 5) is 0. The summed E-state index contributed by atoms with van der Waals surface area (Å²) < 4.78 is 6.87. The van der Waals surface area contributed by atoms with E-state index in [0.29, 0.717) is 5.92 Å². The van der Waals surface area contributed by atoms with E-state index in [-0.39, 0.29) is 0 Å². The van der Waals surface area contributed by atoms with Gasteiger partial charge in [-0.2, -0.15) is 0 Å². The molecule has 0 atom stereocenters. The highest BCUT2D eigenvalue weighted by molar-refractivity contribution is 14.1. The van der Waals surface area contributed by atoms with Crippen LogP contribution in [-0.4, -0.2) is 19.7 Å². The van der Waals surface area contributed by atoms with Crippen molar-refractivity contribution >= 4 is 22.6 Å². The van der Waals surface area contributed by atoms with Gasteiger partial charge in [-0.1, -0.05) is 0 Å². The van der Waals surface area contributed by atoms with Crippen LogP contribution in [-0.2, 0) is 0 Å². The van der Waals surface area contributed by atoms with Crippen LogP contribution in [0, 0.1) is 9.49 Å². The van der Waals surface area contributed by atoms with Crippen molar-refractivity contribution in [3.05, 3.63) is 27.8 Å². The Hall–Kier alpha value is -0.290. The van der Waals surface area contributed by atoms with E-state index >= 15 is 0 Å². The van der Waals surface area contributed by atoms with Gasteiger partial charge in [-0.3, -0.25) is 0 Å². The summed E-state index contributed by atoms with van der Waals surface area (Å²) in [5.74, 6) is 1.69. The Morgan fingerprint density at radius 2 is 2.00 bits per heavy atom. The predicted molar refractivity (Wildman–Crippen MR) is 61.0 cm³/mol. The van der Waals surface area contributed by atoms with Gasteiger partial charge in [-0.05, 0) is 46.9 Å². The van der Waals surface area contributed by atoms with E-state index in [4.69, 9.17) is 4.74 Å². The number of hydrogen-bond acceptors (Lipinski definition) is 2. The molecule has 0 spiro atoms. The first-order chi connectivity index (χ1) is 6.34. The van der Waals surface area contributed by atoms with E-state index in [2.05, 4.69) is 40.0 Å². The number of nitrogens with one attached hydrogen (secondary N) is 1. The number of benzene rings is 1. The molecule has 0 radical (unpaired) electrons. The zero-order valence-corrected chi connectivity index (χ0v) is 9.45. The first-order valence-corrected chi connectivity index (χ1v) is 5.51. The van der Waals surface area contributed by atoms with Crippen LogP contribution >= 0.6 is 22.6 Å². The molecule has 1 aliphatic heterocycles. The molecule has 0 unspecified atom stereocenters. The van der Waals surface area contributed by atoms with Gasteiger partial charge < -0.3 is 10.1 Å². The van der Waals surface area contributed by atoms with Crippen molar-refractivity contribution in [1.29, 1.82) is 0 Å². The Morgan fingerprint density at radius 3 is 2.54 bits per heavy atom. The zero-order chi connectivity index (χ0) is 9.10. The Balaban J connectivity index is 1.83. The molecule has 1 N–H and O–H groups in total. The topological polar surface area (TPSA) is 21.3 Å². The van der Waals surface area contributed by atoms with Crippen molar-refractivity contribution < 1.29 is 4.74 Å². The summed E-state index contributed by atoms with van der Waals surface area (Å²) in [5.41, 5.74) is 0. The summed E-state index contributed by atoms with van der Waals surface area (Å²) in [6.07, 6.45) is 0. The second-order valence-electron chi connectivity index (χ2n) is 3.29. The van der Waals surface area contributed by atoms with E-state index in [1.807, 2.05) is 12.1 Å². The zero-order valence-electron chi connectivity index (χ0n) is 7.29. The third kappa shape index (κ3) is 2.57. The molecule has 2 nitrogen and oxygen atoms in total. The van der Waals surface area contributed by atoms with Gasteiger partial charge in [0.05, 0.1) is 6.61 Å². The summed E-state index contributed by atoms with van der Waals surface area (Å²) >= 11 is 2.29. The van der Waals surface area contributed by atoms with E-state index in [1.165, 1.54) is 3.57 Å². The molecule has 1 saturated heterocycles. The Kier molecular flexibility index (Phi) is 3.05. The molecule has 1 aliphatic rings. The van der Waals surface area contributed by atoms with Crippen molar-refractivity contribution in [1.82, 2.24) is 5.32 Å². The molecule has 2 rings (SSSR count). The number of rotatable bonds is 3. The van der Waals surface area contributed by atoms with Crippen LogP contribution in [0.3, 0.4) is 0 Å². The molecule has 70 valence electrons. The molecule has 1 aromatic carbocycles.